The van der Waals surface area contributed by atoms with E-state index in [2.05, 4.69) is 5.48 Å². The molecule has 1 N–H and O–H groups in total. The second-order valence-corrected chi connectivity index (χ2v) is 3.72. The number of nitrogens with one attached hydrogen (secondary N) is 1. The van der Waals surface area contributed by atoms with Crippen molar-refractivity contribution in [2.75, 3.05) is 26.2 Å². The number of likely N-dealkylation sites (tertiary alicyclic amines) is 1. The van der Waals surface area contributed by atoms with Gasteiger partial charge in [0.25, 0.3) is 0 Å². The summed E-state index contributed by atoms with van der Waals surface area (Å²) in [5.41, 5.74) is 2.85. The lowest BCUT2D eigenvalue weighted by Gasteiger charge is -2.32. The molecule has 0 unspecified atom stereocenters. The maximum Gasteiger partial charge on any atom is 0.401 e. The maximum absolute atomic E-state index is 12.1. The van der Waals surface area contributed by atoms with E-state index in [1.807, 2.05) is 6.92 Å². The van der Waals surface area contributed by atoms with Gasteiger partial charge in [0.1, 0.15) is 0 Å². The highest BCUT2D eigenvalue weighted by atomic mass is 19.4. The summed E-state index contributed by atoms with van der Waals surface area (Å²) >= 11 is 0. The van der Waals surface area contributed by atoms with Gasteiger partial charge in [0.05, 0.1) is 13.2 Å². The van der Waals surface area contributed by atoms with Gasteiger partial charge in [0.15, 0.2) is 0 Å². The van der Waals surface area contributed by atoms with Crippen LogP contribution >= 0.6 is 0 Å². The average molecular weight is 226 g/mol. The molecule has 0 radical (unpaired) electrons. The Morgan fingerprint density at radius 3 is 2.40 bits per heavy atom. The molecule has 0 spiro atoms. The fourth-order valence-electron chi connectivity index (χ4n) is 1.66. The molecule has 0 aromatic rings. The average Bonchev–Trinajstić information content (AvgIpc) is 2.14. The van der Waals surface area contributed by atoms with Gasteiger partial charge in [-0.2, -0.15) is 18.7 Å². The molecule has 3 nitrogen and oxygen atoms in total. The summed E-state index contributed by atoms with van der Waals surface area (Å²) in [5.74, 6) is 0. The first-order valence-electron chi connectivity index (χ1n) is 5.17. The van der Waals surface area contributed by atoms with E-state index in [4.69, 9.17) is 4.84 Å². The lowest BCUT2D eigenvalue weighted by molar-refractivity contribution is -0.149. The SMILES string of the molecule is CCONC1CCN(CC(F)(F)F)CC1. The Morgan fingerprint density at radius 1 is 1.33 bits per heavy atom. The number of hydroxylamine groups is 1. The van der Waals surface area contributed by atoms with Crippen molar-refractivity contribution < 1.29 is 18.0 Å². The molecule has 15 heavy (non-hydrogen) atoms. The second kappa shape index (κ2) is 5.67. The molecule has 1 rings (SSSR count). The molecule has 0 saturated carbocycles. The molecule has 6 heteroatoms. The molecule has 1 aliphatic heterocycles. The van der Waals surface area contributed by atoms with Gasteiger partial charge in [-0.1, -0.05) is 0 Å². The quantitative estimate of drug-likeness (QED) is 0.736. The summed E-state index contributed by atoms with van der Waals surface area (Å²) in [6.07, 6.45) is -2.67. The Bertz CT molecular complexity index is 179. The van der Waals surface area contributed by atoms with Crippen molar-refractivity contribution in [2.24, 2.45) is 0 Å². The first kappa shape index (κ1) is 12.7. The number of rotatable bonds is 4. The van der Waals surface area contributed by atoms with E-state index < -0.39 is 12.7 Å². The van der Waals surface area contributed by atoms with Crippen LogP contribution in [0.2, 0.25) is 0 Å². The highest BCUT2D eigenvalue weighted by Crippen LogP contribution is 2.19. The zero-order chi connectivity index (χ0) is 11.3. The van der Waals surface area contributed by atoms with Crippen LogP contribution in [0.5, 0.6) is 0 Å². The molecule has 90 valence electrons. The van der Waals surface area contributed by atoms with Crippen LogP contribution in [-0.2, 0) is 4.84 Å². The third kappa shape index (κ3) is 5.34. The van der Waals surface area contributed by atoms with Crippen LogP contribution in [0.4, 0.5) is 13.2 Å². The first-order chi connectivity index (χ1) is 7.01. The second-order valence-electron chi connectivity index (χ2n) is 3.72. The van der Waals surface area contributed by atoms with Gasteiger partial charge < -0.3 is 4.84 Å². The third-order valence-electron chi connectivity index (χ3n) is 2.38. The fourth-order valence-corrected chi connectivity index (χ4v) is 1.66. The van der Waals surface area contributed by atoms with Crippen molar-refractivity contribution in [3.63, 3.8) is 0 Å². The molecule has 1 saturated heterocycles. The molecular weight excluding hydrogens is 209 g/mol. The summed E-state index contributed by atoms with van der Waals surface area (Å²) in [5, 5.41) is 0. The van der Waals surface area contributed by atoms with E-state index in [0.717, 1.165) is 0 Å². The predicted octanol–water partition coefficient (Wildman–Crippen LogP) is 1.55. The standard InChI is InChI=1S/C9H17F3N2O/c1-2-15-13-8-3-5-14(6-4-8)7-9(10,11)12/h8,13H,2-7H2,1H3. The Kier molecular flexibility index (Phi) is 4.82. The Hall–Kier alpha value is -0.330. The fraction of sp³-hybridized carbons (Fsp3) is 1.00. The van der Waals surface area contributed by atoms with E-state index in [0.29, 0.717) is 32.5 Å². The van der Waals surface area contributed by atoms with Gasteiger partial charge in [-0.15, -0.1) is 0 Å². The summed E-state index contributed by atoms with van der Waals surface area (Å²) in [7, 11) is 0. The predicted molar refractivity (Wildman–Crippen MR) is 50.3 cm³/mol. The summed E-state index contributed by atoms with van der Waals surface area (Å²) < 4.78 is 36.2. The molecule has 0 amide bonds. The van der Waals surface area contributed by atoms with Gasteiger partial charge in [-0.05, 0) is 19.8 Å². The zero-order valence-electron chi connectivity index (χ0n) is 8.81. The van der Waals surface area contributed by atoms with Crippen LogP contribution in [-0.4, -0.2) is 43.4 Å². The number of nitrogens with zero attached hydrogens (tertiary/aromatic N) is 1. The zero-order valence-corrected chi connectivity index (χ0v) is 8.81. The topological polar surface area (TPSA) is 24.5 Å². The molecule has 0 atom stereocenters. The number of alkyl halides is 3. The highest BCUT2D eigenvalue weighted by molar-refractivity contribution is 4.76. The lowest BCUT2D eigenvalue weighted by atomic mass is 10.1. The number of hydrogen-bond donors (Lipinski definition) is 1. The van der Waals surface area contributed by atoms with Crippen LogP contribution in [0.1, 0.15) is 19.8 Å². The first-order valence-corrected chi connectivity index (χ1v) is 5.17. The normalized spacial score (nSPS) is 20.8. The van der Waals surface area contributed by atoms with Crippen molar-refractivity contribution in [3.05, 3.63) is 0 Å². The van der Waals surface area contributed by atoms with Crippen LogP contribution in [0.3, 0.4) is 0 Å². The van der Waals surface area contributed by atoms with Crippen LogP contribution < -0.4 is 5.48 Å². The van der Waals surface area contributed by atoms with Crippen LogP contribution in [0, 0.1) is 0 Å². The largest absolute Gasteiger partial charge is 0.401 e. The lowest BCUT2D eigenvalue weighted by Crippen LogP contribution is -2.45. The van der Waals surface area contributed by atoms with E-state index in [-0.39, 0.29) is 6.04 Å². The Morgan fingerprint density at radius 2 is 1.93 bits per heavy atom. The molecule has 1 heterocycles. The minimum atomic E-state index is -4.08. The van der Waals surface area contributed by atoms with E-state index >= 15 is 0 Å². The van der Waals surface area contributed by atoms with Crippen molar-refractivity contribution >= 4 is 0 Å². The Labute approximate surface area is 87.5 Å². The highest BCUT2D eigenvalue weighted by Gasteiger charge is 2.32. The van der Waals surface area contributed by atoms with E-state index in [9.17, 15) is 13.2 Å². The number of halogens is 3. The van der Waals surface area contributed by atoms with Gasteiger partial charge >= 0.3 is 6.18 Å². The van der Waals surface area contributed by atoms with Crippen LogP contribution in [0.15, 0.2) is 0 Å². The van der Waals surface area contributed by atoms with Crippen LogP contribution in [0.25, 0.3) is 0 Å². The number of hydrogen-bond acceptors (Lipinski definition) is 3. The molecule has 1 aliphatic rings. The van der Waals surface area contributed by atoms with Crippen molar-refractivity contribution in [3.8, 4) is 0 Å². The van der Waals surface area contributed by atoms with E-state index in [1.54, 1.807) is 0 Å². The maximum atomic E-state index is 12.1. The molecule has 0 aliphatic carbocycles. The smallest absolute Gasteiger partial charge is 0.302 e. The third-order valence-corrected chi connectivity index (χ3v) is 2.38. The molecule has 0 bridgehead atoms. The minimum absolute atomic E-state index is 0.189. The van der Waals surface area contributed by atoms with Gasteiger partial charge in [0, 0.05) is 19.1 Å². The van der Waals surface area contributed by atoms with Gasteiger partial charge in [-0.25, -0.2) is 0 Å². The molecule has 0 aromatic heterocycles. The summed E-state index contributed by atoms with van der Waals surface area (Å²) in [6.45, 7) is 2.59. The van der Waals surface area contributed by atoms with Crippen molar-refractivity contribution in [2.45, 2.75) is 32.0 Å². The Balaban J connectivity index is 2.18. The van der Waals surface area contributed by atoms with Gasteiger partial charge in [-0.3, -0.25) is 4.90 Å². The van der Waals surface area contributed by atoms with Gasteiger partial charge in [0.2, 0.25) is 0 Å². The monoisotopic (exact) mass is 226 g/mol. The van der Waals surface area contributed by atoms with Crippen molar-refractivity contribution in [1.82, 2.24) is 10.4 Å². The van der Waals surface area contributed by atoms with E-state index in [1.165, 1.54) is 4.90 Å². The van der Waals surface area contributed by atoms with Crippen molar-refractivity contribution in [1.29, 1.82) is 0 Å². The summed E-state index contributed by atoms with van der Waals surface area (Å²) in [6, 6.07) is 0.189. The molecule has 0 aromatic carbocycles. The minimum Gasteiger partial charge on any atom is -0.302 e. The molecular formula is C9H17F3N2O. The molecule has 1 fully saturated rings. The summed E-state index contributed by atoms with van der Waals surface area (Å²) in [4.78, 5) is 6.45. The number of piperidine rings is 1.